The van der Waals surface area contributed by atoms with Gasteiger partial charge in [-0.05, 0) is 32.4 Å². The van der Waals surface area contributed by atoms with E-state index in [9.17, 15) is 9.59 Å². The lowest BCUT2D eigenvalue weighted by atomic mass is 9.91. The van der Waals surface area contributed by atoms with Gasteiger partial charge in [-0.2, -0.15) is 0 Å². The molecule has 4 nitrogen and oxygen atoms in total. The van der Waals surface area contributed by atoms with E-state index in [2.05, 4.69) is 0 Å². The van der Waals surface area contributed by atoms with Crippen LogP contribution in [0, 0.1) is 12.3 Å². The lowest BCUT2D eigenvalue weighted by Gasteiger charge is -2.27. The summed E-state index contributed by atoms with van der Waals surface area (Å²) in [6.07, 6.45) is 0. The Labute approximate surface area is 101 Å². The van der Waals surface area contributed by atoms with Crippen molar-refractivity contribution in [2.24, 2.45) is 5.41 Å². The van der Waals surface area contributed by atoms with Crippen molar-refractivity contribution in [3.8, 4) is 0 Å². The summed E-state index contributed by atoms with van der Waals surface area (Å²) < 4.78 is 0. The highest BCUT2D eigenvalue weighted by atomic mass is 16.4. The van der Waals surface area contributed by atoms with Crippen LogP contribution in [-0.4, -0.2) is 24.0 Å². The zero-order chi connectivity index (χ0) is 13.2. The van der Waals surface area contributed by atoms with Crippen LogP contribution in [0.3, 0.4) is 0 Å². The molecular weight excluding hydrogens is 218 g/mol. The van der Waals surface area contributed by atoms with Crippen LogP contribution in [0.1, 0.15) is 19.4 Å². The minimum absolute atomic E-state index is 0.431. The van der Waals surface area contributed by atoms with E-state index in [0.29, 0.717) is 0 Å². The number of hydrogen-bond acceptors (Lipinski definition) is 2. The Morgan fingerprint density at radius 3 is 2.24 bits per heavy atom. The molecule has 0 fully saturated rings. The summed E-state index contributed by atoms with van der Waals surface area (Å²) in [4.78, 5) is 24.5. The van der Waals surface area contributed by atoms with Crippen molar-refractivity contribution < 1.29 is 14.7 Å². The number of aliphatic carboxylic acids is 1. The van der Waals surface area contributed by atoms with Crippen molar-refractivity contribution in [3.63, 3.8) is 0 Å². The molecule has 1 N–H and O–H groups in total. The molecule has 0 heterocycles. The minimum atomic E-state index is -1.42. The largest absolute Gasteiger partial charge is 0.480 e. The molecule has 0 aliphatic rings. The summed E-state index contributed by atoms with van der Waals surface area (Å²) in [6.45, 7) is 4.70. The average molecular weight is 235 g/mol. The molecule has 0 aliphatic carbocycles. The maximum Gasteiger partial charge on any atom is 0.318 e. The van der Waals surface area contributed by atoms with Gasteiger partial charge in [0.15, 0.2) is 0 Å². The number of aryl methyl sites for hydroxylation is 1. The molecule has 1 aromatic carbocycles. The average Bonchev–Trinajstić information content (AvgIpc) is 2.27. The van der Waals surface area contributed by atoms with Gasteiger partial charge in [0.25, 0.3) is 0 Å². The summed E-state index contributed by atoms with van der Waals surface area (Å²) >= 11 is 0. The first-order valence-electron chi connectivity index (χ1n) is 5.35. The molecule has 0 aromatic heterocycles. The topological polar surface area (TPSA) is 57.6 Å². The van der Waals surface area contributed by atoms with Crippen LogP contribution in [0.4, 0.5) is 5.69 Å². The van der Waals surface area contributed by atoms with Crippen LogP contribution in [0.5, 0.6) is 0 Å². The number of carbonyl (C=O) groups excluding carboxylic acids is 1. The molecule has 4 heteroatoms. The van der Waals surface area contributed by atoms with E-state index in [1.54, 1.807) is 13.1 Å². The molecular formula is C13H17NO3. The first kappa shape index (κ1) is 13.2. The third kappa shape index (κ3) is 2.46. The number of carboxylic acids is 1. The second-order valence-corrected chi connectivity index (χ2v) is 4.58. The van der Waals surface area contributed by atoms with Gasteiger partial charge in [-0.25, -0.2) is 0 Å². The summed E-state index contributed by atoms with van der Waals surface area (Å²) in [5, 5.41) is 9.03. The number of para-hydroxylation sites is 1. The van der Waals surface area contributed by atoms with Gasteiger partial charge in [-0.1, -0.05) is 18.2 Å². The monoisotopic (exact) mass is 235 g/mol. The van der Waals surface area contributed by atoms with E-state index in [1.165, 1.54) is 18.7 Å². The molecule has 0 aliphatic heterocycles. The second-order valence-electron chi connectivity index (χ2n) is 4.58. The van der Waals surface area contributed by atoms with Crippen molar-refractivity contribution in [1.82, 2.24) is 0 Å². The van der Waals surface area contributed by atoms with Crippen LogP contribution in [-0.2, 0) is 9.59 Å². The highest BCUT2D eigenvalue weighted by molar-refractivity contribution is 6.08. The Kier molecular flexibility index (Phi) is 3.56. The Morgan fingerprint density at radius 2 is 1.76 bits per heavy atom. The predicted octanol–water partition coefficient (Wildman–Crippen LogP) is 2.07. The molecule has 1 aromatic rings. The zero-order valence-corrected chi connectivity index (χ0v) is 10.5. The van der Waals surface area contributed by atoms with E-state index >= 15 is 0 Å². The molecule has 0 saturated heterocycles. The molecule has 0 saturated carbocycles. The lowest BCUT2D eigenvalue weighted by molar-refractivity contribution is -0.152. The Morgan fingerprint density at radius 1 is 1.24 bits per heavy atom. The SMILES string of the molecule is Cc1ccccc1N(C)C(=O)C(C)(C)C(=O)O. The number of rotatable bonds is 3. The second kappa shape index (κ2) is 4.57. The third-order valence-electron chi connectivity index (χ3n) is 2.85. The van der Waals surface area contributed by atoms with Gasteiger partial charge < -0.3 is 10.0 Å². The number of nitrogens with zero attached hydrogens (tertiary/aromatic N) is 1. The van der Waals surface area contributed by atoms with Crippen molar-refractivity contribution >= 4 is 17.6 Å². The van der Waals surface area contributed by atoms with Gasteiger partial charge in [0.1, 0.15) is 5.41 Å². The maximum atomic E-state index is 12.1. The normalized spacial score (nSPS) is 11.1. The van der Waals surface area contributed by atoms with Crippen LogP contribution < -0.4 is 4.90 Å². The van der Waals surface area contributed by atoms with Crippen molar-refractivity contribution in [2.45, 2.75) is 20.8 Å². The Hall–Kier alpha value is -1.84. The highest BCUT2D eigenvalue weighted by Crippen LogP contribution is 2.25. The molecule has 1 amide bonds. The summed E-state index contributed by atoms with van der Waals surface area (Å²) in [5.74, 6) is -1.55. The number of carbonyl (C=O) groups is 2. The molecule has 0 unspecified atom stereocenters. The van der Waals surface area contributed by atoms with Gasteiger partial charge in [0, 0.05) is 12.7 Å². The summed E-state index contributed by atoms with van der Waals surface area (Å²) in [7, 11) is 1.59. The number of benzene rings is 1. The van der Waals surface area contributed by atoms with E-state index in [1.807, 2.05) is 25.1 Å². The van der Waals surface area contributed by atoms with Crippen LogP contribution in [0.25, 0.3) is 0 Å². The predicted molar refractivity (Wildman–Crippen MR) is 66.0 cm³/mol. The summed E-state index contributed by atoms with van der Waals surface area (Å²) in [6, 6.07) is 7.37. The molecule has 1 rings (SSSR count). The van der Waals surface area contributed by atoms with Crippen LogP contribution in [0.15, 0.2) is 24.3 Å². The molecule has 0 spiro atoms. The minimum Gasteiger partial charge on any atom is -0.480 e. The van der Waals surface area contributed by atoms with E-state index in [-0.39, 0.29) is 0 Å². The van der Waals surface area contributed by atoms with Crippen molar-refractivity contribution in [1.29, 1.82) is 0 Å². The van der Waals surface area contributed by atoms with E-state index in [4.69, 9.17) is 5.11 Å². The fourth-order valence-electron chi connectivity index (χ4n) is 1.56. The first-order chi connectivity index (χ1) is 7.78. The number of amides is 1. The third-order valence-corrected chi connectivity index (χ3v) is 2.85. The number of anilines is 1. The van der Waals surface area contributed by atoms with Gasteiger partial charge in [-0.3, -0.25) is 9.59 Å². The standard InChI is InChI=1S/C13H17NO3/c1-9-7-5-6-8-10(9)14(4)11(15)13(2,3)12(16)17/h5-8H,1-4H3,(H,16,17). The fourth-order valence-corrected chi connectivity index (χ4v) is 1.56. The maximum absolute atomic E-state index is 12.1. The van der Waals surface area contributed by atoms with Gasteiger partial charge >= 0.3 is 5.97 Å². The van der Waals surface area contributed by atoms with Crippen molar-refractivity contribution in [3.05, 3.63) is 29.8 Å². The quantitative estimate of drug-likeness (QED) is 0.816. The van der Waals surface area contributed by atoms with E-state index in [0.717, 1.165) is 11.3 Å². The molecule has 17 heavy (non-hydrogen) atoms. The fraction of sp³-hybridized carbons (Fsp3) is 0.385. The van der Waals surface area contributed by atoms with Crippen LogP contribution in [0.2, 0.25) is 0 Å². The zero-order valence-electron chi connectivity index (χ0n) is 10.5. The van der Waals surface area contributed by atoms with Gasteiger partial charge in [-0.15, -0.1) is 0 Å². The Balaban J connectivity index is 3.07. The molecule has 0 atom stereocenters. The van der Waals surface area contributed by atoms with Gasteiger partial charge in [0.2, 0.25) is 5.91 Å². The Bertz CT molecular complexity index is 452. The lowest BCUT2D eigenvalue weighted by Crippen LogP contribution is -2.43. The van der Waals surface area contributed by atoms with E-state index < -0.39 is 17.3 Å². The van der Waals surface area contributed by atoms with Crippen molar-refractivity contribution in [2.75, 3.05) is 11.9 Å². The smallest absolute Gasteiger partial charge is 0.318 e. The highest BCUT2D eigenvalue weighted by Gasteiger charge is 2.38. The molecule has 0 bridgehead atoms. The summed E-state index contributed by atoms with van der Waals surface area (Å²) in [5.41, 5.74) is 0.244. The molecule has 92 valence electrons. The molecule has 0 radical (unpaired) electrons. The number of carboxylic acid groups (broad SMARTS) is 1. The first-order valence-corrected chi connectivity index (χ1v) is 5.35. The van der Waals surface area contributed by atoms with Gasteiger partial charge in [0.05, 0.1) is 0 Å². The number of hydrogen-bond donors (Lipinski definition) is 1. The van der Waals surface area contributed by atoms with Crippen LogP contribution >= 0.6 is 0 Å².